The molecule has 1 N–H and O–H groups in total. The maximum Gasteiger partial charge on any atom is 0.102 e. The Labute approximate surface area is 74.1 Å². The van der Waals surface area contributed by atoms with Crippen LogP contribution in [0.4, 0.5) is 4.39 Å². The van der Waals surface area contributed by atoms with E-state index in [1.165, 1.54) is 0 Å². The van der Waals surface area contributed by atoms with E-state index in [2.05, 4.69) is 17.1 Å². The number of nitrogens with zero attached hydrogens (tertiary/aromatic N) is 1. The van der Waals surface area contributed by atoms with Crippen LogP contribution in [0.2, 0.25) is 0 Å². The number of hydrogen-bond acceptors (Lipinski definition) is 2. The van der Waals surface area contributed by atoms with Crippen LogP contribution in [0.5, 0.6) is 0 Å². The normalized spacial score (nSPS) is 32.2. The van der Waals surface area contributed by atoms with E-state index >= 15 is 0 Å². The lowest BCUT2D eigenvalue weighted by atomic mass is 9.99. The Morgan fingerprint density at radius 2 is 2.33 bits per heavy atom. The van der Waals surface area contributed by atoms with Gasteiger partial charge in [0.1, 0.15) is 6.67 Å². The molecular weight excluding hydrogens is 155 g/mol. The highest BCUT2D eigenvalue weighted by atomic mass is 19.1. The van der Waals surface area contributed by atoms with Crippen LogP contribution in [0.3, 0.4) is 0 Å². The minimum absolute atomic E-state index is 0.214. The Morgan fingerprint density at radius 1 is 1.58 bits per heavy atom. The van der Waals surface area contributed by atoms with Gasteiger partial charge >= 0.3 is 0 Å². The van der Waals surface area contributed by atoms with Crippen LogP contribution in [0, 0.1) is 0 Å². The van der Waals surface area contributed by atoms with Crippen LogP contribution in [0.15, 0.2) is 0 Å². The third-order valence-electron chi connectivity index (χ3n) is 2.79. The predicted molar refractivity (Wildman–Crippen MR) is 49.1 cm³/mol. The summed E-state index contributed by atoms with van der Waals surface area (Å²) in [5.41, 5.74) is 0. The summed E-state index contributed by atoms with van der Waals surface area (Å²) in [4.78, 5) is 2.23. The second kappa shape index (κ2) is 4.77. The molecule has 1 fully saturated rings. The molecule has 2 atom stereocenters. The smallest absolute Gasteiger partial charge is 0.102 e. The molecule has 0 aromatic rings. The largest absolute Gasteiger partial charge is 0.317 e. The number of alkyl halides is 1. The number of likely N-dealkylation sites (tertiary alicyclic amines) is 1. The van der Waals surface area contributed by atoms with Crippen molar-refractivity contribution in [1.82, 2.24) is 10.2 Å². The van der Waals surface area contributed by atoms with Crippen LogP contribution >= 0.6 is 0 Å². The Hall–Kier alpha value is -0.150. The van der Waals surface area contributed by atoms with E-state index in [1.54, 1.807) is 0 Å². The minimum Gasteiger partial charge on any atom is -0.317 e. The van der Waals surface area contributed by atoms with E-state index in [1.807, 2.05) is 7.05 Å². The Bertz CT molecular complexity index is 130. The van der Waals surface area contributed by atoms with Gasteiger partial charge in [0.05, 0.1) is 0 Å². The lowest BCUT2D eigenvalue weighted by Gasteiger charge is -2.36. The van der Waals surface area contributed by atoms with E-state index in [4.69, 9.17) is 0 Å². The predicted octanol–water partition coefficient (Wildman–Crippen LogP) is 1.03. The van der Waals surface area contributed by atoms with Crippen LogP contribution in [0.25, 0.3) is 0 Å². The molecule has 0 saturated carbocycles. The second-order valence-corrected chi connectivity index (χ2v) is 3.58. The average molecular weight is 174 g/mol. The molecule has 0 aliphatic carbocycles. The van der Waals surface area contributed by atoms with Crippen molar-refractivity contribution in [1.29, 1.82) is 0 Å². The van der Waals surface area contributed by atoms with Crippen LogP contribution in [-0.2, 0) is 0 Å². The fourth-order valence-corrected chi connectivity index (χ4v) is 1.92. The molecule has 12 heavy (non-hydrogen) atoms. The molecule has 0 aromatic carbocycles. The zero-order chi connectivity index (χ0) is 8.97. The average Bonchev–Trinajstić information content (AvgIpc) is 2.09. The van der Waals surface area contributed by atoms with Crippen LogP contribution in [0.1, 0.15) is 19.8 Å². The molecule has 0 spiro atoms. The molecule has 1 saturated heterocycles. The zero-order valence-electron chi connectivity index (χ0n) is 8.02. The molecule has 72 valence electrons. The van der Waals surface area contributed by atoms with E-state index in [-0.39, 0.29) is 6.67 Å². The first-order valence-corrected chi connectivity index (χ1v) is 4.75. The summed E-state index contributed by atoms with van der Waals surface area (Å²) in [5.74, 6) is 0. The van der Waals surface area contributed by atoms with E-state index in [0.717, 1.165) is 19.4 Å². The van der Waals surface area contributed by atoms with Gasteiger partial charge in [0, 0.05) is 25.2 Å². The van der Waals surface area contributed by atoms with Crippen molar-refractivity contribution >= 4 is 0 Å². The molecule has 0 aromatic heterocycles. The molecule has 0 radical (unpaired) electrons. The van der Waals surface area contributed by atoms with Gasteiger partial charge in [0.15, 0.2) is 0 Å². The van der Waals surface area contributed by atoms with E-state index in [9.17, 15) is 4.39 Å². The number of nitrogens with one attached hydrogen (secondary N) is 1. The summed E-state index contributed by atoms with van der Waals surface area (Å²) in [6.45, 7) is 3.61. The molecule has 0 amide bonds. The SMILES string of the molecule is CNC1CCN(CCF)C(C)C1. The molecule has 1 heterocycles. The maximum atomic E-state index is 12.1. The monoisotopic (exact) mass is 174 g/mol. The highest BCUT2D eigenvalue weighted by Crippen LogP contribution is 2.16. The Kier molecular flexibility index (Phi) is 3.95. The minimum atomic E-state index is -0.214. The van der Waals surface area contributed by atoms with Crippen molar-refractivity contribution in [2.75, 3.05) is 26.8 Å². The highest BCUT2D eigenvalue weighted by Gasteiger charge is 2.23. The van der Waals surface area contributed by atoms with Gasteiger partial charge in [0.2, 0.25) is 0 Å². The first-order chi connectivity index (χ1) is 5.77. The summed E-state index contributed by atoms with van der Waals surface area (Å²) in [7, 11) is 2.00. The van der Waals surface area contributed by atoms with Crippen molar-refractivity contribution in [3.8, 4) is 0 Å². The molecule has 3 heteroatoms. The van der Waals surface area contributed by atoms with Gasteiger partial charge < -0.3 is 5.32 Å². The maximum absolute atomic E-state index is 12.1. The molecule has 1 aliphatic rings. The van der Waals surface area contributed by atoms with Gasteiger partial charge in [0.25, 0.3) is 0 Å². The lowest BCUT2D eigenvalue weighted by Crippen LogP contribution is -2.47. The molecule has 2 unspecified atom stereocenters. The molecule has 1 aliphatic heterocycles. The molecular formula is C9H19FN2. The number of piperidine rings is 1. The topological polar surface area (TPSA) is 15.3 Å². The van der Waals surface area contributed by atoms with E-state index < -0.39 is 0 Å². The van der Waals surface area contributed by atoms with Crippen molar-refractivity contribution < 1.29 is 4.39 Å². The fourth-order valence-electron chi connectivity index (χ4n) is 1.92. The third kappa shape index (κ3) is 2.42. The van der Waals surface area contributed by atoms with Crippen LogP contribution in [-0.4, -0.2) is 43.8 Å². The molecule has 0 bridgehead atoms. The highest BCUT2D eigenvalue weighted by molar-refractivity contribution is 4.81. The first-order valence-electron chi connectivity index (χ1n) is 4.75. The summed E-state index contributed by atoms with van der Waals surface area (Å²) in [6.07, 6.45) is 2.30. The van der Waals surface area contributed by atoms with Gasteiger partial charge in [-0.2, -0.15) is 0 Å². The molecule has 2 nitrogen and oxygen atoms in total. The zero-order valence-corrected chi connectivity index (χ0v) is 8.02. The summed E-state index contributed by atoms with van der Waals surface area (Å²) >= 11 is 0. The summed E-state index contributed by atoms with van der Waals surface area (Å²) < 4.78 is 12.1. The summed E-state index contributed by atoms with van der Waals surface area (Å²) in [5, 5.41) is 3.28. The number of halogens is 1. The number of rotatable bonds is 3. The van der Waals surface area contributed by atoms with E-state index in [0.29, 0.717) is 18.6 Å². The van der Waals surface area contributed by atoms with Crippen molar-refractivity contribution in [2.24, 2.45) is 0 Å². The standard InChI is InChI=1S/C9H19FN2/c1-8-7-9(11-2)3-5-12(8)6-4-10/h8-9,11H,3-7H2,1-2H3. The Morgan fingerprint density at radius 3 is 2.83 bits per heavy atom. The van der Waals surface area contributed by atoms with Gasteiger partial charge in [-0.15, -0.1) is 0 Å². The lowest BCUT2D eigenvalue weighted by molar-refractivity contribution is 0.129. The van der Waals surface area contributed by atoms with Crippen LogP contribution < -0.4 is 5.32 Å². The van der Waals surface area contributed by atoms with Gasteiger partial charge in [-0.3, -0.25) is 4.90 Å². The number of hydrogen-bond donors (Lipinski definition) is 1. The van der Waals surface area contributed by atoms with Gasteiger partial charge in [-0.05, 0) is 26.8 Å². The van der Waals surface area contributed by atoms with Crippen molar-refractivity contribution in [3.63, 3.8) is 0 Å². The fraction of sp³-hybridized carbons (Fsp3) is 1.00. The van der Waals surface area contributed by atoms with Gasteiger partial charge in [-0.25, -0.2) is 4.39 Å². The van der Waals surface area contributed by atoms with Crippen molar-refractivity contribution in [2.45, 2.75) is 31.8 Å². The molecule has 1 rings (SSSR count). The van der Waals surface area contributed by atoms with Crippen molar-refractivity contribution in [3.05, 3.63) is 0 Å². The quantitative estimate of drug-likeness (QED) is 0.687. The van der Waals surface area contributed by atoms with Gasteiger partial charge in [-0.1, -0.05) is 0 Å². The summed E-state index contributed by atoms with van der Waals surface area (Å²) in [6, 6.07) is 1.17. The first kappa shape index (κ1) is 9.93. The Balaban J connectivity index is 2.31. The third-order valence-corrected chi connectivity index (χ3v) is 2.79. The second-order valence-electron chi connectivity index (χ2n) is 3.58.